The number of hydrogen-bond donors (Lipinski definition) is 2. The largest absolute Gasteiger partial charge is 0.326 e. The predicted molar refractivity (Wildman–Crippen MR) is 72.6 cm³/mol. The molecule has 100 valence electrons. The number of amides is 1. The third kappa shape index (κ3) is 3.21. The van der Waals surface area contributed by atoms with Crippen LogP contribution in [0.4, 0.5) is 10.1 Å². The van der Waals surface area contributed by atoms with Gasteiger partial charge in [0.2, 0.25) is 5.91 Å². The summed E-state index contributed by atoms with van der Waals surface area (Å²) in [5.74, 6) is -0.243. The van der Waals surface area contributed by atoms with E-state index in [0.717, 1.165) is 13.0 Å². The molecule has 2 rings (SSSR count). The second-order valence-corrected chi connectivity index (χ2v) is 4.59. The molecule has 1 saturated heterocycles. The third-order valence-electron chi connectivity index (χ3n) is 3.29. The van der Waals surface area contributed by atoms with Crippen molar-refractivity contribution < 1.29 is 9.18 Å². The van der Waals surface area contributed by atoms with E-state index in [1.54, 1.807) is 19.1 Å². The molecular weight excluding hydrogens is 255 g/mol. The van der Waals surface area contributed by atoms with Crippen LogP contribution in [-0.4, -0.2) is 18.5 Å². The molecule has 2 atom stereocenters. The average molecular weight is 273 g/mol. The van der Waals surface area contributed by atoms with Gasteiger partial charge in [0.1, 0.15) is 5.82 Å². The van der Waals surface area contributed by atoms with Crippen molar-refractivity contribution in [1.29, 1.82) is 0 Å². The van der Waals surface area contributed by atoms with Crippen LogP contribution in [0.1, 0.15) is 18.9 Å². The first-order valence-corrected chi connectivity index (χ1v) is 5.88. The van der Waals surface area contributed by atoms with E-state index >= 15 is 0 Å². The summed E-state index contributed by atoms with van der Waals surface area (Å²) in [6.45, 7) is 4.57. The van der Waals surface area contributed by atoms with Gasteiger partial charge in [-0.15, -0.1) is 12.4 Å². The van der Waals surface area contributed by atoms with Crippen LogP contribution in [0, 0.1) is 18.7 Å². The number of hydrogen-bond acceptors (Lipinski definition) is 2. The van der Waals surface area contributed by atoms with Gasteiger partial charge in [0.25, 0.3) is 0 Å². The van der Waals surface area contributed by atoms with Crippen molar-refractivity contribution in [3.63, 3.8) is 0 Å². The molecule has 3 nitrogen and oxygen atoms in total. The molecule has 1 aromatic rings. The monoisotopic (exact) mass is 272 g/mol. The molecule has 0 aliphatic carbocycles. The lowest BCUT2D eigenvalue weighted by Gasteiger charge is -2.15. The molecule has 0 bridgehead atoms. The van der Waals surface area contributed by atoms with Gasteiger partial charge in [-0.25, -0.2) is 4.39 Å². The fourth-order valence-electron chi connectivity index (χ4n) is 2.17. The van der Waals surface area contributed by atoms with Gasteiger partial charge in [0, 0.05) is 11.7 Å². The molecular formula is C13H18ClFN2O. The first-order valence-electron chi connectivity index (χ1n) is 5.88. The lowest BCUT2D eigenvalue weighted by Crippen LogP contribution is -2.32. The van der Waals surface area contributed by atoms with E-state index in [9.17, 15) is 9.18 Å². The van der Waals surface area contributed by atoms with Crippen molar-refractivity contribution in [2.45, 2.75) is 26.3 Å². The number of halogens is 2. The first-order chi connectivity index (χ1) is 8.08. The van der Waals surface area contributed by atoms with Crippen LogP contribution in [0.15, 0.2) is 18.2 Å². The molecule has 0 unspecified atom stereocenters. The van der Waals surface area contributed by atoms with Crippen LogP contribution in [-0.2, 0) is 4.79 Å². The Labute approximate surface area is 113 Å². The van der Waals surface area contributed by atoms with Gasteiger partial charge in [0.05, 0.1) is 5.92 Å². The molecule has 2 N–H and O–H groups in total. The number of carbonyl (C=O) groups is 1. The molecule has 1 aliphatic rings. The minimum absolute atomic E-state index is 0. The van der Waals surface area contributed by atoms with Crippen LogP contribution in [0.5, 0.6) is 0 Å². The molecule has 1 aliphatic heterocycles. The van der Waals surface area contributed by atoms with Gasteiger partial charge in [-0.05, 0) is 50.6 Å². The second-order valence-electron chi connectivity index (χ2n) is 4.59. The van der Waals surface area contributed by atoms with Crippen LogP contribution < -0.4 is 10.6 Å². The normalized spacial score (nSPS) is 22.4. The number of carbonyl (C=O) groups excluding carboxylic acids is 1. The summed E-state index contributed by atoms with van der Waals surface area (Å²) in [5.41, 5.74) is 1.20. The Morgan fingerprint density at radius 3 is 2.78 bits per heavy atom. The zero-order valence-corrected chi connectivity index (χ0v) is 11.3. The smallest absolute Gasteiger partial charge is 0.229 e. The SMILES string of the molecule is Cc1cc(NC(=O)[C@H]2CCN[C@H]2C)ccc1F.Cl. The molecule has 5 heteroatoms. The van der Waals surface area contributed by atoms with E-state index in [-0.39, 0.29) is 36.1 Å². The maximum absolute atomic E-state index is 13.1. The fraction of sp³-hybridized carbons (Fsp3) is 0.462. The van der Waals surface area contributed by atoms with Gasteiger partial charge < -0.3 is 10.6 Å². The van der Waals surface area contributed by atoms with E-state index in [1.165, 1.54) is 6.07 Å². The van der Waals surface area contributed by atoms with Crippen molar-refractivity contribution in [1.82, 2.24) is 5.32 Å². The Balaban J connectivity index is 0.00000162. The third-order valence-corrected chi connectivity index (χ3v) is 3.29. The number of anilines is 1. The van der Waals surface area contributed by atoms with Crippen LogP contribution >= 0.6 is 12.4 Å². The van der Waals surface area contributed by atoms with Crippen molar-refractivity contribution >= 4 is 24.0 Å². The van der Waals surface area contributed by atoms with Crippen molar-refractivity contribution in [3.8, 4) is 0 Å². The fourth-order valence-corrected chi connectivity index (χ4v) is 2.17. The summed E-state index contributed by atoms with van der Waals surface area (Å²) in [7, 11) is 0. The van der Waals surface area contributed by atoms with Crippen molar-refractivity contribution in [2.75, 3.05) is 11.9 Å². The Bertz CT molecular complexity index is 439. The minimum atomic E-state index is -0.251. The Hall–Kier alpha value is -1.13. The Kier molecular flexibility index (Phi) is 5.11. The van der Waals surface area contributed by atoms with Crippen LogP contribution in [0.25, 0.3) is 0 Å². The van der Waals surface area contributed by atoms with E-state index in [1.807, 2.05) is 6.92 Å². The van der Waals surface area contributed by atoms with Gasteiger partial charge in [0.15, 0.2) is 0 Å². The molecule has 18 heavy (non-hydrogen) atoms. The van der Waals surface area contributed by atoms with Crippen molar-refractivity contribution in [2.24, 2.45) is 5.92 Å². The zero-order chi connectivity index (χ0) is 12.4. The number of aryl methyl sites for hydroxylation is 1. The summed E-state index contributed by atoms with van der Waals surface area (Å²) in [5, 5.41) is 6.07. The van der Waals surface area contributed by atoms with Crippen LogP contribution in [0.3, 0.4) is 0 Å². The highest BCUT2D eigenvalue weighted by Crippen LogP contribution is 2.19. The minimum Gasteiger partial charge on any atom is -0.326 e. The number of rotatable bonds is 2. The highest BCUT2D eigenvalue weighted by atomic mass is 35.5. The maximum Gasteiger partial charge on any atom is 0.229 e. The lowest BCUT2D eigenvalue weighted by atomic mass is 10.0. The summed E-state index contributed by atoms with van der Waals surface area (Å²) >= 11 is 0. The molecule has 0 spiro atoms. The topological polar surface area (TPSA) is 41.1 Å². The van der Waals surface area contributed by atoms with Crippen molar-refractivity contribution in [3.05, 3.63) is 29.6 Å². The standard InChI is InChI=1S/C13H17FN2O.ClH/c1-8-7-10(3-4-12(8)14)16-13(17)11-5-6-15-9(11)2;/h3-4,7,9,11,15H,5-6H2,1-2H3,(H,16,17);1H/t9-,11-;/m0./s1. The van der Waals surface area contributed by atoms with E-state index in [2.05, 4.69) is 10.6 Å². The Morgan fingerprint density at radius 1 is 1.50 bits per heavy atom. The zero-order valence-electron chi connectivity index (χ0n) is 10.5. The number of benzene rings is 1. The molecule has 1 heterocycles. The quantitative estimate of drug-likeness (QED) is 0.869. The van der Waals surface area contributed by atoms with Gasteiger partial charge in [-0.3, -0.25) is 4.79 Å². The van der Waals surface area contributed by atoms with E-state index < -0.39 is 0 Å². The molecule has 1 fully saturated rings. The molecule has 0 aromatic heterocycles. The summed E-state index contributed by atoms with van der Waals surface area (Å²) in [4.78, 5) is 12.0. The summed E-state index contributed by atoms with van der Waals surface area (Å²) in [6, 6.07) is 4.83. The average Bonchev–Trinajstić information content (AvgIpc) is 2.70. The summed E-state index contributed by atoms with van der Waals surface area (Å²) < 4.78 is 13.1. The first kappa shape index (κ1) is 14.9. The Morgan fingerprint density at radius 2 is 2.22 bits per heavy atom. The summed E-state index contributed by atoms with van der Waals surface area (Å²) in [6.07, 6.45) is 0.854. The number of nitrogens with one attached hydrogen (secondary N) is 2. The lowest BCUT2D eigenvalue weighted by molar-refractivity contribution is -0.119. The molecule has 0 saturated carbocycles. The molecule has 0 radical (unpaired) electrons. The van der Waals surface area contributed by atoms with Gasteiger partial charge in [-0.1, -0.05) is 0 Å². The molecule has 1 amide bonds. The van der Waals surface area contributed by atoms with E-state index in [4.69, 9.17) is 0 Å². The van der Waals surface area contributed by atoms with E-state index in [0.29, 0.717) is 11.3 Å². The predicted octanol–water partition coefficient (Wildman–Crippen LogP) is 2.49. The highest BCUT2D eigenvalue weighted by molar-refractivity contribution is 5.93. The molecule has 1 aromatic carbocycles. The van der Waals surface area contributed by atoms with Gasteiger partial charge in [-0.2, -0.15) is 0 Å². The van der Waals surface area contributed by atoms with Crippen LogP contribution in [0.2, 0.25) is 0 Å². The maximum atomic E-state index is 13.1. The van der Waals surface area contributed by atoms with Gasteiger partial charge >= 0.3 is 0 Å². The second kappa shape index (κ2) is 6.16. The highest BCUT2D eigenvalue weighted by Gasteiger charge is 2.29.